The highest BCUT2D eigenvalue weighted by Gasteiger charge is 2.21. The Morgan fingerprint density at radius 2 is 2.05 bits per heavy atom. The van der Waals surface area contributed by atoms with Crippen molar-refractivity contribution < 1.29 is 23.1 Å². The molecule has 20 heavy (non-hydrogen) atoms. The van der Waals surface area contributed by atoms with Gasteiger partial charge in [-0.25, -0.2) is 27.9 Å². The van der Waals surface area contributed by atoms with Crippen molar-refractivity contribution in [1.82, 2.24) is 9.97 Å². The zero-order valence-electron chi connectivity index (χ0n) is 9.65. The lowest BCUT2D eigenvalue weighted by atomic mass is 10.2. The Hall–Kier alpha value is -2.15. The average molecular weight is 303 g/mol. The number of alkyl halides is 2. The van der Waals surface area contributed by atoms with Crippen molar-refractivity contribution in [1.29, 1.82) is 0 Å². The highest BCUT2D eigenvalue weighted by atomic mass is 35.5. The highest BCUT2D eigenvalue weighted by molar-refractivity contribution is 6.31. The molecule has 1 aromatic heterocycles. The molecule has 0 atom stereocenters. The maximum atomic E-state index is 13.0. The van der Waals surface area contributed by atoms with E-state index in [1.54, 1.807) is 0 Å². The molecule has 1 N–H and O–H groups in total. The molecular weight excluding hydrogens is 297 g/mol. The van der Waals surface area contributed by atoms with Gasteiger partial charge in [-0.05, 0) is 18.2 Å². The van der Waals surface area contributed by atoms with E-state index >= 15 is 0 Å². The van der Waals surface area contributed by atoms with Crippen LogP contribution in [0.25, 0.3) is 11.4 Å². The fourth-order valence-electron chi connectivity index (χ4n) is 1.50. The topological polar surface area (TPSA) is 63.1 Å². The molecule has 0 radical (unpaired) electrons. The van der Waals surface area contributed by atoms with Crippen molar-refractivity contribution in [3.8, 4) is 11.4 Å². The van der Waals surface area contributed by atoms with Crippen LogP contribution in [-0.2, 0) is 0 Å². The summed E-state index contributed by atoms with van der Waals surface area (Å²) in [5.41, 5.74) is -1.38. The van der Waals surface area contributed by atoms with E-state index in [2.05, 4.69) is 9.97 Å². The van der Waals surface area contributed by atoms with Crippen molar-refractivity contribution in [3.05, 3.63) is 46.5 Å². The molecule has 2 rings (SSSR count). The molecule has 0 amide bonds. The third kappa shape index (κ3) is 2.72. The van der Waals surface area contributed by atoms with E-state index in [4.69, 9.17) is 16.7 Å². The van der Waals surface area contributed by atoms with Crippen molar-refractivity contribution in [3.63, 3.8) is 0 Å². The van der Waals surface area contributed by atoms with Gasteiger partial charge >= 0.3 is 5.97 Å². The number of halogens is 4. The average Bonchev–Trinajstić information content (AvgIpc) is 2.41. The van der Waals surface area contributed by atoms with Crippen LogP contribution in [0.15, 0.2) is 24.4 Å². The fourth-order valence-corrected chi connectivity index (χ4v) is 1.68. The summed E-state index contributed by atoms with van der Waals surface area (Å²) in [5.74, 6) is -2.39. The summed E-state index contributed by atoms with van der Waals surface area (Å²) in [7, 11) is 0. The number of hydrogen-bond acceptors (Lipinski definition) is 3. The molecule has 0 aliphatic carbocycles. The monoisotopic (exact) mass is 302 g/mol. The first-order valence-corrected chi connectivity index (χ1v) is 5.61. The van der Waals surface area contributed by atoms with Crippen LogP contribution in [0.4, 0.5) is 13.2 Å². The van der Waals surface area contributed by atoms with Gasteiger partial charge in [-0.2, -0.15) is 0 Å². The summed E-state index contributed by atoms with van der Waals surface area (Å²) in [4.78, 5) is 18.0. The molecule has 1 aromatic carbocycles. The predicted octanol–water partition coefficient (Wildman–Crippen LogP) is 3.57. The molecule has 0 fully saturated rings. The van der Waals surface area contributed by atoms with E-state index in [9.17, 15) is 18.0 Å². The number of nitrogens with zero attached hydrogens (tertiary/aromatic N) is 2. The Morgan fingerprint density at radius 1 is 1.35 bits per heavy atom. The Morgan fingerprint density at radius 3 is 2.60 bits per heavy atom. The third-order valence-corrected chi connectivity index (χ3v) is 2.72. The van der Waals surface area contributed by atoms with Gasteiger partial charge < -0.3 is 5.11 Å². The normalized spacial score (nSPS) is 10.8. The van der Waals surface area contributed by atoms with Gasteiger partial charge in [0.05, 0.1) is 5.02 Å². The van der Waals surface area contributed by atoms with Gasteiger partial charge in [0.2, 0.25) is 0 Å². The summed E-state index contributed by atoms with van der Waals surface area (Å²) in [6, 6.07) is 3.46. The van der Waals surface area contributed by atoms with Gasteiger partial charge in [-0.1, -0.05) is 11.6 Å². The summed E-state index contributed by atoms with van der Waals surface area (Å²) in [5, 5.41) is 8.56. The SMILES string of the molecule is O=C(O)c1cnc(-c2ccc(F)c(Cl)c2)nc1C(F)F. The third-order valence-electron chi connectivity index (χ3n) is 2.43. The lowest BCUT2D eigenvalue weighted by Gasteiger charge is -2.07. The number of benzene rings is 1. The highest BCUT2D eigenvalue weighted by Crippen LogP contribution is 2.26. The molecule has 0 spiro atoms. The van der Waals surface area contributed by atoms with Gasteiger partial charge in [-0.15, -0.1) is 0 Å². The maximum absolute atomic E-state index is 13.0. The molecule has 0 saturated heterocycles. The van der Waals surface area contributed by atoms with Crippen LogP contribution in [0, 0.1) is 5.82 Å². The molecule has 0 bridgehead atoms. The molecule has 0 aliphatic heterocycles. The smallest absolute Gasteiger partial charge is 0.339 e. The van der Waals surface area contributed by atoms with E-state index < -0.39 is 29.5 Å². The minimum Gasteiger partial charge on any atom is -0.478 e. The van der Waals surface area contributed by atoms with Crippen molar-refractivity contribution in [2.24, 2.45) is 0 Å². The van der Waals surface area contributed by atoms with Crippen LogP contribution >= 0.6 is 11.6 Å². The summed E-state index contributed by atoms with van der Waals surface area (Å²) in [6.45, 7) is 0. The Kier molecular flexibility index (Phi) is 3.89. The van der Waals surface area contributed by atoms with Crippen molar-refractivity contribution in [2.45, 2.75) is 6.43 Å². The molecule has 1 heterocycles. The number of carboxylic acids is 1. The Balaban J connectivity index is 2.55. The summed E-state index contributed by atoms with van der Waals surface area (Å²) in [6.07, 6.45) is -2.29. The van der Waals surface area contributed by atoms with Crippen molar-refractivity contribution in [2.75, 3.05) is 0 Å². The molecule has 2 aromatic rings. The number of hydrogen-bond donors (Lipinski definition) is 1. The second-order valence-corrected chi connectivity index (χ2v) is 4.13. The summed E-state index contributed by atoms with van der Waals surface area (Å²) < 4.78 is 38.6. The zero-order chi connectivity index (χ0) is 14.9. The number of aromatic carboxylic acids is 1. The van der Waals surface area contributed by atoms with Crippen LogP contribution in [0.5, 0.6) is 0 Å². The van der Waals surface area contributed by atoms with E-state index in [0.717, 1.165) is 12.3 Å². The zero-order valence-corrected chi connectivity index (χ0v) is 10.4. The second-order valence-electron chi connectivity index (χ2n) is 3.73. The van der Waals surface area contributed by atoms with Crippen LogP contribution in [-0.4, -0.2) is 21.0 Å². The quantitative estimate of drug-likeness (QED) is 0.941. The van der Waals surface area contributed by atoms with Gasteiger partial charge in [0, 0.05) is 11.8 Å². The Labute approximate surface area is 115 Å². The number of rotatable bonds is 3. The minimum absolute atomic E-state index is 0.160. The van der Waals surface area contributed by atoms with E-state index in [1.165, 1.54) is 12.1 Å². The minimum atomic E-state index is -3.07. The van der Waals surface area contributed by atoms with Crippen LogP contribution in [0.1, 0.15) is 22.5 Å². The van der Waals surface area contributed by atoms with Gasteiger partial charge in [0.15, 0.2) is 5.82 Å². The van der Waals surface area contributed by atoms with Crippen LogP contribution in [0.2, 0.25) is 5.02 Å². The van der Waals surface area contributed by atoms with Gasteiger partial charge in [0.1, 0.15) is 17.1 Å². The number of carbonyl (C=O) groups is 1. The first-order chi connectivity index (χ1) is 9.40. The lowest BCUT2D eigenvalue weighted by molar-refractivity contribution is 0.0681. The second kappa shape index (κ2) is 5.46. The fraction of sp³-hybridized carbons (Fsp3) is 0.0833. The molecule has 4 nitrogen and oxygen atoms in total. The Bertz CT molecular complexity index is 680. The van der Waals surface area contributed by atoms with Gasteiger partial charge in [0.25, 0.3) is 6.43 Å². The lowest BCUT2D eigenvalue weighted by Crippen LogP contribution is -2.08. The van der Waals surface area contributed by atoms with Gasteiger partial charge in [-0.3, -0.25) is 0 Å². The number of aromatic nitrogens is 2. The maximum Gasteiger partial charge on any atom is 0.339 e. The van der Waals surface area contributed by atoms with Crippen LogP contribution in [0.3, 0.4) is 0 Å². The molecule has 104 valence electrons. The predicted molar refractivity (Wildman–Crippen MR) is 64.4 cm³/mol. The van der Waals surface area contributed by atoms with E-state index in [0.29, 0.717) is 0 Å². The number of carboxylic acid groups (broad SMARTS) is 1. The van der Waals surface area contributed by atoms with Crippen molar-refractivity contribution >= 4 is 17.6 Å². The first-order valence-electron chi connectivity index (χ1n) is 5.24. The van der Waals surface area contributed by atoms with E-state index in [-0.39, 0.29) is 16.4 Å². The molecule has 0 saturated carbocycles. The standard InChI is InChI=1S/C12H6ClF3N2O2/c13-7-3-5(1-2-8(7)14)11-17-4-6(12(19)20)9(18-11)10(15)16/h1-4,10H,(H,19,20). The summed E-state index contributed by atoms with van der Waals surface area (Å²) >= 11 is 5.57. The largest absolute Gasteiger partial charge is 0.478 e. The molecule has 0 unspecified atom stereocenters. The molecular formula is C12H6ClF3N2O2. The first kappa shape index (κ1) is 14.3. The van der Waals surface area contributed by atoms with E-state index in [1.807, 2.05) is 0 Å². The molecule has 0 aliphatic rings. The molecule has 8 heteroatoms. The van der Waals surface area contributed by atoms with Crippen LogP contribution < -0.4 is 0 Å².